The topological polar surface area (TPSA) is 66.8 Å². The Bertz CT molecular complexity index is 904. The Hall–Kier alpha value is -3.02. The summed E-state index contributed by atoms with van der Waals surface area (Å²) in [6, 6.07) is 12.5. The maximum Gasteiger partial charge on any atom is 0.163 e. The van der Waals surface area contributed by atoms with Crippen LogP contribution in [-0.2, 0) is 0 Å². The van der Waals surface area contributed by atoms with Gasteiger partial charge in [-0.25, -0.2) is 15.0 Å². The van der Waals surface area contributed by atoms with Crippen molar-refractivity contribution in [2.75, 3.05) is 23.3 Å². The third-order valence-corrected chi connectivity index (χ3v) is 4.82. The van der Waals surface area contributed by atoms with Crippen molar-refractivity contribution in [3.63, 3.8) is 0 Å². The van der Waals surface area contributed by atoms with Crippen molar-refractivity contribution in [2.45, 2.75) is 32.7 Å². The van der Waals surface area contributed by atoms with E-state index in [1.165, 1.54) is 0 Å². The van der Waals surface area contributed by atoms with Crippen molar-refractivity contribution < 1.29 is 0 Å². The lowest BCUT2D eigenvalue weighted by Gasteiger charge is -2.33. The van der Waals surface area contributed by atoms with Crippen molar-refractivity contribution in [1.82, 2.24) is 19.9 Å². The number of hydrogen-bond acceptors (Lipinski definition) is 6. The van der Waals surface area contributed by atoms with Crippen molar-refractivity contribution in [3.8, 4) is 11.4 Å². The minimum Gasteiger partial charge on any atom is -0.367 e. The fraction of sp³-hybridized carbons (Fsp3) is 0.333. The van der Waals surface area contributed by atoms with Gasteiger partial charge in [-0.1, -0.05) is 6.07 Å². The molecule has 6 heteroatoms. The van der Waals surface area contributed by atoms with Gasteiger partial charge in [-0.15, -0.1) is 0 Å². The summed E-state index contributed by atoms with van der Waals surface area (Å²) >= 11 is 0. The molecule has 1 N–H and O–H groups in total. The maximum atomic E-state index is 4.79. The molecule has 1 aliphatic rings. The van der Waals surface area contributed by atoms with Gasteiger partial charge in [0.15, 0.2) is 5.82 Å². The first-order valence-corrected chi connectivity index (χ1v) is 9.38. The second kappa shape index (κ2) is 7.70. The highest BCUT2D eigenvalue weighted by atomic mass is 15.2. The van der Waals surface area contributed by atoms with Crippen LogP contribution in [0, 0.1) is 13.8 Å². The molecule has 0 radical (unpaired) electrons. The molecular formula is C21H24N6. The Morgan fingerprint density at radius 3 is 2.56 bits per heavy atom. The smallest absolute Gasteiger partial charge is 0.163 e. The van der Waals surface area contributed by atoms with Crippen LogP contribution in [0.1, 0.15) is 24.2 Å². The van der Waals surface area contributed by atoms with Crippen molar-refractivity contribution in [2.24, 2.45) is 0 Å². The summed E-state index contributed by atoms with van der Waals surface area (Å²) in [5, 5.41) is 3.56. The molecule has 1 fully saturated rings. The van der Waals surface area contributed by atoms with E-state index in [9.17, 15) is 0 Å². The summed E-state index contributed by atoms with van der Waals surface area (Å²) in [6.07, 6.45) is 5.69. The van der Waals surface area contributed by atoms with Crippen LogP contribution in [0.3, 0.4) is 0 Å². The van der Waals surface area contributed by atoms with Crippen LogP contribution in [0.4, 0.5) is 11.6 Å². The number of hydrogen-bond donors (Lipinski definition) is 1. The highest BCUT2D eigenvalue weighted by Crippen LogP contribution is 2.23. The first kappa shape index (κ1) is 17.4. The van der Waals surface area contributed by atoms with Crippen LogP contribution in [0.15, 0.2) is 48.8 Å². The molecule has 1 aliphatic heterocycles. The number of nitrogens with one attached hydrogen (secondary N) is 1. The summed E-state index contributed by atoms with van der Waals surface area (Å²) < 4.78 is 0. The third-order valence-electron chi connectivity index (χ3n) is 4.82. The number of nitrogens with zero attached hydrogens (tertiary/aromatic N) is 5. The maximum absolute atomic E-state index is 4.79. The number of aromatic nitrogens is 4. The molecule has 3 aromatic rings. The average molecular weight is 360 g/mol. The molecule has 4 rings (SSSR count). The van der Waals surface area contributed by atoms with Gasteiger partial charge in [0.2, 0.25) is 0 Å². The molecular weight excluding hydrogens is 336 g/mol. The van der Waals surface area contributed by atoms with Crippen molar-refractivity contribution in [1.29, 1.82) is 0 Å². The van der Waals surface area contributed by atoms with E-state index in [-0.39, 0.29) is 0 Å². The molecule has 0 saturated carbocycles. The van der Waals surface area contributed by atoms with E-state index in [0.29, 0.717) is 6.04 Å². The lowest BCUT2D eigenvalue weighted by Crippen LogP contribution is -2.39. The monoisotopic (exact) mass is 360 g/mol. The summed E-state index contributed by atoms with van der Waals surface area (Å²) in [4.78, 5) is 20.4. The standard InChI is InChI=1S/C21H24N6/c1-15-5-3-7-19(23-15)25-18-8-11-27(12-9-18)20-13-16(2)24-21(26-20)17-6-4-10-22-14-17/h3-7,10,13-14,18H,8-9,11-12H2,1-2H3,(H,23,25). The van der Waals surface area contributed by atoms with Crippen LogP contribution >= 0.6 is 0 Å². The van der Waals surface area contributed by atoms with Gasteiger partial charge in [-0.2, -0.15) is 0 Å². The molecule has 4 heterocycles. The van der Waals surface area contributed by atoms with E-state index in [2.05, 4.69) is 31.2 Å². The van der Waals surface area contributed by atoms with Crippen LogP contribution in [-0.4, -0.2) is 39.1 Å². The van der Waals surface area contributed by atoms with Gasteiger partial charge in [0, 0.05) is 54.5 Å². The van der Waals surface area contributed by atoms with Crippen LogP contribution in [0.2, 0.25) is 0 Å². The highest BCUT2D eigenvalue weighted by molar-refractivity contribution is 5.57. The second-order valence-electron chi connectivity index (χ2n) is 7.00. The predicted octanol–water partition coefficient (Wildman–Crippen LogP) is 3.63. The summed E-state index contributed by atoms with van der Waals surface area (Å²) in [6.45, 7) is 5.96. The second-order valence-corrected chi connectivity index (χ2v) is 7.00. The molecule has 6 nitrogen and oxygen atoms in total. The molecule has 0 atom stereocenters. The number of aryl methyl sites for hydroxylation is 2. The predicted molar refractivity (Wildman–Crippen MR) is 108 cm³/mol. The van der Waals surface area contributed by atoms with Gasteiger partial charge < -0.3 is 10.2 Å². The zero-order valence-corrected chi connectivity index (χ0v) is 15.8. The van der Waals surface area contributed by atoms with E-state index in [1.54, 1.807) is 6.20 Å². The molecule has 27 heavy (non-hydrogen) atoms. The van der Waals surface area contributed by atoms with Crippen molar-refractivity contribution >= 4 is 11.6 Å². The van der Waals surface area contributed by atoms with Gasteiger partial charge in [0.05, 0.1) is 0 Å². The SMILES string of the molecule is Cc1cccc(NC2CCN(c3cc(C)nc(-c4cccnc4)n3)CC2)n1. The summed E-state index contributed by atoms with van der Waals surface area (Å²) in [7, 11) is 0. The molecule has 0 amide bonds. The Kier molecular flexibility index (Phi) is 4.96. The van der Waals surface area contributed by atoms with Crippen LogP contribution in [0.25, 0.3) is 11.4 Å². The first-order chi connectivity index (χ1) is 13.2. The lowest BCUT2D eigenvalue weighted by atomic mass is 10.0. The van der Waals surface area contributed by atoms with Gasteiger partial charge in [-0.3, -0.25) is 4.98 Å². The van der Waals surface area contributed by atoms with Gasteiger partial charge in [0.1, 0.15) is 11.6 Å². The minimum atomic E-state index is 0.441. The minimum absolute atomic E-state index is 0.441. The Morgan fingerprint density at radius 2 is 1.81 bits per heavy atom. The normalized spacial score (nSPS) is 15.0. The van der Waals surface area contributed by atoms with Gasteiger partial charge in [0.25, 0.3) is 0 Å². The van der Waals surface area contributed by atoms with E-state index in [0.717, 1.165) is 60.3 Å². The Balaban J connectivity index is 1.44. The fourth-order valence-electron chi connectivity index (χ4n) is 3.42. The molecule has 0 bridgehead atoms. The largest absolute Gasteiger partial charge is 0.367 e. The van der Waals surface area contributed by atoms with Crippen LogP contribution in [0.5, 0.6) is 0 Å². The zero-order valence-electron chi connectivity index (χ0n) is 15.8. The van der Waals surface area contributed by atoms with E-state index in [1.807, 2.05) is 50.4 Å². The highest BCUT2D eigenvalue weighted by Gasteiger charge is 2.21. The molecule has 0 aliphatic carbocycles. The van der Waals surface area contributed by atoms with Gasteiger partial charge in [-0.05, 0) is 51.0 Å². The van der Waals surface area contributed by atoms with E-state index >= 15 is 0 Å². The third kappa shape index (κ3) is 4.22. The first-order valence-electron chi connectivity index (χ1n) is 9.38. The molecule has 3 aromatic heterocycles. The number of piperidine rings is 1. The van der Waals surface area contributed by atoms with E-state index in [4.69, 9.17) is 4.98 Å². The zero-order chi connectivity index (χ0) is 18.6. The molecule has 1 saturated heterocycles. The van der Waals surface area contributed by atoms with Crippen molar-refractivity contribution in [3.05, 3.63) is 60.2 Å². The lowest BCUT2D eigenvalue weighted by molar-refractivity contribution is 0.522. The summed E-state index contributed by atoms with van der Waals surface area (Å²) in [5.41, 5.74) is 2.96. The Morgan fingerprint density at radius 1 is 0.963 bits per heavy atom. The molecule has 0 aromatic carbocycles. The average Bonchev–Trinajstić information content (AvgIpc) is 2.69. The van der Waals surface area contributed by atoms with E-state index < -0.39 is 0 Å². The number of pyridine rings is 2. The molecule has 138 valence electrons. The van der Waals surface area contributed by atoms with Gasteiger partial charge >= 0.3 is 0 Å². The fourth-order valence-corrected chi connectivity index (χ4v) is 3.42. The number of rotatable bonds is 4. The van der Waals surface area contributed by atoms with Crippen LogP contribution < -0.4 is 10.2 Å². The molecule has 0 unspecified atom stereocenters. The Labute approximate surface area is 159 Å². The quantitative estimate of drug-likeness (QED) is 0.766. The number of anilines is 2. The molecule has 0 spiro atoms. The summed E-state index contributed by atoms with van der Waals surface area (Å²) in [5.74, 6) is 2.70.